The van der Waals surface area contributed by atoms with Crippen molar-refractivity contribution in [2.45, 2.75) is 19.4 Å². The summed E-state index contributed by atoms with van der Waals surface area (Å²) in [5.41, 5.74) is 3.54. The minimum Gasteiger partial charge on any atom is -0.317 e. The Hall–Kier alpha value is -2.29. The first-order chi connectivity index (χ1) is 10.2. The molecule has 0 bridgehead atoms. The molecule has 1 aliphatic heterocycles. The van der Waals surface area contributed by atoms with E-state index >= 15 is 0 Å². The molecular formula is C18H20N2O. The molecule has 1 aliphatic rings. The van der Waals surface area contributed by atoms with E-state index in [1.807, 2.05) is 48.3 Å². The first-order valence-electron chi connectivity index (χ1n) is 7.35. The van der Waals surface area contributed by atoms with Crippen molar-refractivity contribution in [1.82, 2.24) is 4.90 Å². The number of fused-ring (bicyclic) bond motifs is 1. The van der Waals surface area contributed by atoms with Gasteiger partial charge in [-0.1, -0.05) is 42.5 Å². The molecule has 2 amide bonds. The Kier molecular flexibility index (Phi) is 3.65. The van der Waals surface area contributed by atoms with Crippen LogP contribution in [0, 0.1) is 0 Å². The monoisotopic (exact) mass is 280 g/mol. The van der Waals surface area contributed by atoms with Crippen LogP contribution in [0.4, 0.5) is 10.5 Å². The molecule has 3 rings (SSSR count). The first-order valence-corrected chi connectivity index (χ1v) is 7.35. The van der Waals surface area contributed by atoms with Crippen LogP contribution in [-0.4, -0.2) is 24.5 Å². The van der Waals surface area contributed by atoms with Gasteiger partial charge in [0, 0.05) is 19.3 Å². The fraction of sp³-hybridized carbons (Fsp3) is 0.278. The molecule has 0 saturated carbocycles. The maximum atomic E-state index is 12.8. The van der Waals surface area contributed by atoms with Gasteiger partial charge in [-0.3, -0.25) is 4.90 Å². The lowest BCUT2D eigenvalue weighted by molar-refractivity contribution is 0.183. The largest absolute Gasteiger partial charge is 0.324 e. The quantitative estimate of drug-likeness (QED) is 0.778. The molecule has 1 atom stereocenters. The van der Waals surface area contributed by atoms with Gasteiger partial charge in [0.25, 0.3) is 0 Å². The molecule has 1 unspecified atom stereocenters. The van der Waals surface area contributed by atoms with Gasteiger partial charge in [-0.05, 0) is 36.6 Å². The van der Waals surface area contributed by atoms with Crippen molar-refractivity contribution in [1.29, 1.82) is 0 Å². The molecule has 2 aromatic rings. The summed E-state index contributed by atoms with van der Waals surface area (Å²) >= 11 is 0. The van der Waals surface area contributed by atoms with E-state index in [4.69, 9.17) is 0 Å². The standard InChI is InChI=1S/C18H20N2O/c1-14-17-11-7-6-8-15(17)12-13-20(14)18(21)19(2)16-9-4-3-5-10-16/h3-11,14H,12-13H2,1-2H3. The Bertz CT molecular complexity index is 639. The number of nitrogens with zero attached hydrogens (tertiary/aromatic N) is 2. The van der Waals surface area contributed by atoms with Gasteiger partial charge < -0.3 is 4.90 Å². The Morgan fingerprint density at radius 2 is 1.76 bits per heavy atom. The van der Waals surface area contributed by atoms with Gasteiger partial charge in [-0.15, -0.1) is 0 Å². The van der Waals surface area contributed by atoms with Crippen LogP contribution in [0.15, 0.2) is 54.6 Å². The molecule has 3 heteroatoms. The van der Waals surface area contributed by atoms with Crippen molar-refractivity contribution in [3.8, 4) is 0 Å². The van der Waals surface area contributed by atoms with Gasteiger partial charge in [-0.25, -0.2) is 4.79 Å². The summed E-state index contributed by atoms with van der Waals surface area (Å²) in [7, 11) is 1.84. The highest BCUT2D eigenvalue weighted by Gasteiger charge is 2.29. The topological polar surface area (TPSA) is 23.6 Å². The van der Waals surface area contributed by atoms with Crippen LogP contribution in [0.1, 0.15) is 24.1 Å². The smallest absolute Gasteiger partial charge is 0.317 e. The molecule has 2 aromatic carbocycles. The summed E-state index contributed by atoms with van der Waals surface area (Å²) in [5.74, 6) is 0. The van der Waals surface area contributed by atoms with Crippen LogP contribution in [0.25, 0.3) is 0 Å². The third kappa shape index (κ3) is 2.51. The minimum absolute atomic E-state index is 0.0585. The van der Waals surface area contributed by atoms with Crippen molar-refractivity contribution in [2.75, 3.05) is 18.5 Å². The number of carbonyl (C=O) groups is 1. The molecule has 3 nitrogen and oxygen atoms in total. The summed E-state index contributed by atoms with van der Waals surface area (Å²) in [6.07, 6.45) is 0.925. The van der Waals surface area contributed by atoms with Crippen LogP contribution in [0.5, 0.6) is 0 Å². The first kappa shape index (κ1) is 13.7. The van der Waals surface area contributed by atoms with Crippen molar-refractivity contribution in [3.05, 3.63) is 65.7 Å². The van der Waals surface area contributed by atoms with Gasteiger partial charge in [0.05, 0.1) is 6.04 Å². The van der Waals surface area contributed by atoms with Crippen LogP contribution in [0.3, 0.4) is 0 Å². The molecule has 108 valence electrons. The lowest BCUT2D eigenvalue weighted by Gasteiger charge is -2.37. The van der Waals surface area contributed by atoms with Gasteiger partial charge in [0.1, 0.15) is 0 Å². The molecule has 0 saturated heterocycles. The van der Waals surface area contributed by atoms with E-state index in [1.165, 1.54) is 11.1 Å². The molecule has 0 N–H and O–H groups in total. The summed E-state index contributed by atoms with van der Waals surface area (Å²) < 4.78 is 0. The number of benzene rings is 2. The normalized spacial score (nSPS) is 17.2. The van der Waals surface area contributed by atoms with Gasteiger partial charge in [0.15, 0.2) is 0 Å². The summed E-state index contributed by atoms with van der Waals surface area (Å²) in [6, 6.07) is 18.4. The van der Waals surface area contributed by atoms with Crippen LogP contribution >= 0.6 is 0 Å². The number of carbonyl (C=O) groups excluding carboxylic acids is 1. The highest BCUT2D eigenvalue weighted by molar-refractivity contribution is 5.91. The average Bonchev–Trinajstić information content (AvgIpc) is 2.55. The molecule has 21 heavy (non-hydrogen) atoms. The third-order valence-electron chi connectivity index (χ3n) is 4.27. The molecule has 0 radical (unpaired) electrons. The molecule has 0 aliphatic carbocycles. The fourth-order valence-electron chi connectivity index (χ4n) is 2.99. The number of amides is 2. The number of hydrogen-bond donors (Lipinski definition) is 0. The maximum Gasteiger partial charge on any atom is 0.324 e. The summed E-state index contributed by atoms with van der Waals surface area (Å²) in [4.78, 5) is 16.5. The number of hydrogen-bond acceptors (Lipinski definition) is 1. The summed E-state index contributed by atoms with van der Waals surface area (Å²) in [5, 5.41) is 0. The number of urea groups is 1. The second-order valence-electron chi connectivity index (χ2n) is 5.50. The van der Waals surface area contributed by atoms with Crippen molar-refractivity contribution in [2.24, 2.45) is 0 Å². The SMILES string of the molecule is CC1c2ccccc2CCN1C(=O)N(C)c1ccccc1. The third-order valence-corrected chi connectivity index (χ3v) is 4.27. The summed E-state index contributed by atoms with van der Waals surface area (Å²) in [6.45, 7) is 2.88. The van der Waals surface area contributed by atoms with Gasteiger partial charge >= 0.3 is 6.03 Å². The van der Waals surface area contributed by atoms with E-state index < -0.39 is 0 Å². The number of anilines is 1. The lowest BCUT2D eigenvalue weighted by atomic mass is 9.94. The Labute approximate surface area is 125 Å². The lowest BCUT2D eigenvalue weighted by Crippen LogP contribution is -2.45. The second-order valence-corrected chi connectivity index (χ2v) is 5.50. The zero-order valence-electron chi connectivity index (χ0n) is 12.5. The molecule has 1 heterocycles. The fourth-order valence-corrected chi connectivity index (χ4v) is 2.99. The predicted molar refractivity (Wildman–Crippen MR) is 85.5 cm³/mol. The van der Waals surface area contributed by atoms with Crippen molar-refractivity contribution < 1.29 is 4.79 Å². The second kappa shape index (κ2) is 5.60. The van der Waals surface area contributed by atoms with Crippen LogP contribution in [-0.2, 0) is 6.42 Å². The Morgan fingerprint density at radius 3 is 2.52 bits per heavy atom. The number of para-hydroxylation sites is 1. The zero-order valence-corrected chi connectivity index (χ0v) is 12.5. The molecule has 0 aromatic heterocycles. The van der Waals surface area contributed by atoms with E-state index in [1.54, 1.807) is 4.90 Å². The maximum absolute atomic E-state index is 12.8. The minimum atomic E-state index is 0.0585. The van der Waals surface area contributed by atoms with Crippen LogP contribution < -0.4 is 4.90 Å². The molecular weight excluding hydrogens is 260 g/mol. The predicted octanol–water partition coefficient (Wildman–Crippen LogP) is 3.86. The highest BCUT2D eigenvalue weighted by Crippen LogP contribution is 2.30. The van der Waals surface area contributed by atoms with Crippen LogP contribution in [0.2, 0.25) is 0 Å². The Balaban J connectivity index is 1.83. The van der Waals surface area contributed by atoms with E-state index in [9.17, 15) is 4.79 Å². The van der Waals surface area contributed by atoms with Crippen molar-refractivity contribution >= 4 is 11.7 Å². The van der Waals surface area contributed by atoms with E-state index in [0.717, 1.165) is 18.7 Å². The average molecular weight is 280 g/mol. The zero-order chi connectivity index (χ0) is 14.8. The Morgan fingerprint density at radius 1 is 1.10 bits per heavy atom. The van der Waals surface area contributed by atoms with Gasteiger partial charge in [-0.2, -0.15) is 0 Å². The van der Waals surface area contributed by atoms with E-state index in [2.05, 4.69) is 25.1 Å². The van der Waals surface area contributed by atoms with Gasteiger partial charge in [0.2, 0.25) is 0 Å². The number of rotatable bonds is 1. The van der Waals surface area contributed by atoms with E-state index in [0.29, 0.717) is 0 Å². The van der Waals surface area contributed by atoms with Crippen molar-refractivity contribution in [3.63, 3.8) is 0 Å². The molecule has 0 spiro atoms. The van der Waals surface area contributed by atoms with E-state index in [-0.39, 0.29) is 12.1 Å². The molecule has 0 fully saturated rings. The highest BCUT2D eigenvalue weighted by atomic mass is 16.2.